The van der Waals surface area contributed by atoms with Crippen molar-refractivity contribution in [2.24, 2.45) is 11.8 Å². The van der Waals surface area contributed by atoms with E-state index in [1.165, 1.54) is 19.3 Å². The van der Waals surface area contributed by atoms with Gasteiger partial charge in [-0.1, -0.05) is 25.8 Å². The Morgan fingerprint density at radius 3 is 2.76 bits per heavy atom. The zero-order valence-corrected chi connectivity index (χ0v) is 12.9. The molecular formula is C18H23N3. The van der Waals surface area contributed by atoms with E-state index < -0.39 is 0 Å². The number of nitriles is 2. The summed E-state index contributed by atoms with van der Waals surface area (Å²) >= 11 is 0. The minimum Gasteiger partial charge on any atom is -0.370 e. The van der Waals surface area contributed by atoms with Crippen LogP contribution in [0.1, 0.15) is 44.6 Å². The number of benzene rings is 1. The maximum atomic E-state index is 9.45. The molecule has 1 saturated carbocycles. The lowest BCUT2D eigenvalue weighted by Gasteiger charge is -2.39. The molecular weight excluding hydrogens is 258 g/mol. The Hall–Kier alpha value is -2.00. The van der Waals surface area contributed by atoms with Crippen LogP contribution < -0.4 is 4.90 Å². The van der Waals surface area contributed by atoms with Gasteiger partial charge in [-0.05, 0) is 43.4 Å². The molecule has 0 aliphatic heterocycles. The minimum atomic E-state index is 0.0915. The Kier molecular flexibility index (Phi) is 5.23. The summed E-state index contributed by atoms with van der Waals surface area (Å²) in [7, 11) is 2.06. The highest BCUT2D eigenvalue weighted by Gasteiger charge is 2.33. The van der Waals surface area contributed by atoms with Gasteiger partial charge in [0.05, 0.1) is 23.6 Å². The molecule has 0 spiro atoms. The summed E-state index contributed by atoms with van der Waals surface area (Å²) < 4.78 is 0. The quantitative estimate of drug-likeness (QED) is 0.834. The predicted molar refractivity (Wildman–Crippen MR) is 84.7 cm³/mol. The smallest absolute Gasteiger partial charge is 0.0992 e. The fraction of sp³-hybridized carbons (Fsp3) is 0.556. The number of anilines is 1. The van der Waals surface area contributed by atoms with Gasteiger partial charge in [0.15, 0.2) is 0 Å². The summed E-state index contributed by atoms with van der Waals surface area (Å²) in [6.45, 7) is 2.23. The van der Waals surface area contributed by atoms with Gasteiger partial charge in [0, 0.05) is 18.8 Å². The summed E-state index contributed by atoms with van der Waals surface area (Å²) in [5.41, 5.74) is 1.71. The third-order valence-corrected chi connectivity index (χ3v) is 4.67. The average Bonchev–Trinajstić information content (AvgIpc) is 2.54. The van der Waals surface area contributed by atoms with Crippen molar-refractivity contribution in [2.45, 2.75) is 45.1 Å². The molecule has 1 aliphatic carbocycles. The molecule has 1 fully saturated rings. The van der Waals surface area contributed by atoms with Crippen LogP contribution in [0.25, 0.3) is 0 Å². The minimum absolute atomic E-state index is 0.0915. The van der Waals surface area contributed by atoms with Gasteiger partial charge in [0.1, 0.15) is 0 Å². The second-order valence-electron chi connectivity index (χ2n) is 6.04. The first-order valence-electron chi connectivity index (χ1n) is 7.82. The van der Waals surface area contributed by atoms with Gasteiger partial charge < -0.3 is 4.90 Å². The lowest BCUT2D eigenvalue weighted by Crippen LogP contribution is -2.42. The molecule has 1 aromatic rings. The van der Waals surface area contributed by atoms with Crippen LogP contribution >= 0.6 is 0 Å². The molecule has 1 aromatic carbocycles. The maximum Gasteiger partial charge on any atom is 0.0992 e. The van der Waals surface area contributed by atoms with E-state index >= 15 is 0 Å². The predicted octanol–water partition coefficient (Wildman–Crippen LogP) is 4.10. The topological polar surface area (TPSA) is 50.8 Å². The molecule has 21 heavy (non-hydrogen) atoms. The average molecular weight is 281 g/mol. The molecule has 2 rings (SSSR count). The molecule has 0 bridgehead atoms. The molecule has 0 heterocycles. The first-order valence-corrected chi connectivity index (χ1v) is 7.82. The lowest BCUT2D eigenvalue weighted by atomic mass is 9.76. The van der Waals surface area contributed by atoms with Crippen LogP contribution in [0, 0.1) is 34.5 Å². The van der Waals surface area contributed by atoms with E-state index in [1.54, 1.807) is 0 Å². The Labute approximate surface area is 127 Å². The van der Waals surface area contributed by atoms with Crippen LogP contribution in [0.5, 0.6) is 0 Å². The Morgan fingerprint density at radius 1 is 1.29 bits per heavy atom. The van der Waals surface area contributed by atoms with E-state index in [1.807, 2.05) is 24.3 Å². The van der Waals surface area contributed by atoms with E-state index in [4.69, 9.17) is 5.26 Å². The van der Waals surface area contributed by atoms with Gasteiger partial charge in [-0.25, -0.2) is 0 Å². The summed E-state index contributed by atoms with van der Waals surface area (Å²) in [6.07, 6.45) is 5.71. The summed E-state index contributed by atoms with van der Waals surface area (Å²) in [5.74, 6) is 0.819. The fourth-order valence-electron chi connectivity index (χ4n) is 3.47. The SMILES string of the molecule is CCCC1CCC(C#N)C(N(C)c2cccc(C#N)c2)C1. The van der Waals surface area contributed by atoms with E-state index in [2.05, 4.69) is 31.0 Å². The van der Waals surface area contributed by atoms with Crippen molar-refractivity contribution in [2.75, 3.05) is 11.9 Å². The standard InChI is InChI=1S/C18H23N3/c1-3-5-14-8-9-16(13-20)18(11-14)21(2)17-7-4-6-15(10-17)12-19/h4,6-7,10,14,16,18H,3,5,8-9,11H2,1-2H3. The Morgan fingerprint density at radius 2 is 2.10 bits per heavy atom. The molecule has 1 aliphatic rings. The van der Waals surface area contributed by atoms with Gasteiger partial charge in [0.2, 0.25) is 0 Å². The van der Waals surface area contributed by atoms with Crippen molar-refractivity contribution in [3.63, 3.8) is 0 Å². The van der Waals surface area contributed by atoms with Gasteiger partial charge in [-0.3, -0.25) is 0 Å². The van der Waals surface area contributed by atoms with Crippen LogP contribution in [0.2, 0.25) is 0 Å². The molecule has 0 amide bonds. The van der Waals surface area contributed by atoms with Crippen molar-refractivity contribution in [1.82, 2.24) is 0 Å². The zero-order chi connectivity index (χ0) is 15.2. The maximum absolute atomic E-state index is 9.45. The van der Waals surface area contributed by atoms with E-state index in [0.717, 1.165) is 24.4 Å². The Balaban J connectivity index is 2.19. The first kappa shape index (κ1) is 15.4. The van der Waals surface area contributed by atoms with Crippen molar-refractivity contribution in [1.29, 1.82) is 10.5 Å². The van der Waals surface area contributed by atoms with Crippen molar-refractivity contribution < 1.29 is 0 Å². The van der Waals surface area contributed by atoms with Gasteiger partial charge >= 0.3 is 0 Å². The van der Waals surface area contributed by atoms with Crippen LogP contribution in [-0.4, -0.2) is 13.1 Å². The fourth-order valence-corrected chi connectivity index (χ4v) is 3.47. The number of nitrogens with zero attached hydrogens (tertiary/aromatic N) is 3. The highest BCUT2D eigenvalue weighted by molar-refractivity contribution is 5.52. The molecule has 3 nitrogen and oxygen atoms in total. The molecule has 3 heteroatoms. The molecule has 3 unspecified atom stereocenters. The van der Waals surface area contributed by atoms with Crippen LogP contribution in [-0.2, 0) is 0 Å². The first-order chi connectivity index (χ1) is 10.2. The van der Waals surface area contributed by atoms with E-state index in [0.29, 0.717) is 5.56 Å². The number of hydrogen-bond acceptors (Lipinski definition) is 3. The largest absolute Gasteiger partial charge is 0.370 e. The van der Waals surface area contributed by atoms with Gasteiger partial charge in [-0.15, -0.1) is 0 Å². The summed E-state index contributed by atoms with van der Waals surface area (Å²) in [5, 5.41) is 18.5. The normalized spacial score (nSPS) is 24.9. The van der Waals surface area contributed by atoms with Crippen LogP contribution in [0.4, 0.5) is 5.69 Å². The number of rotatable bonds is 4. The zero-order valence-electron chi connectivity index (χ0n) is 12.9. The van der Waals surface area contributed by atoms with Gasteiger partial charge in [0.25, 0.3) is 0 Å². The van der Waals surface area contributed by atoms with Crippen LogP contribution in [0.15, 0.2) is 24.3 Å². The lowest BCUT2D eigenvalue weighted by molar-refractivity contribution is 0.258. The second-order valence-corrected chi connectivity index (χ2v) is 6.04. The highest BCUT2D eigenvalue weighted by atomic mass is 15.1. The van der Waals surface area contributed by atoms with E-state index in [-0.39, 0.29) is 12.0 Å². The third kappa shape index (κ3) is 3.56. The monoisotopic (exact) mass is 281 g/mol. The molecule has 110 valence electrons. The third-order valence-electron chi connectivity index (χ3n) is 4.67. The molecule has 0 radical (unpaired) electrons. The molecule has 0 saturated heterocycles. The molecule has 0 N–H and O–H groups in total. The second kappa shape index (κ2) is 7.14. The van der Waals surface area contributed by atoms with Gasteiger partial charge in [-0.2, -0.15) is 10.5 Å². The van der Waals surface area contributed by atoms with Crippen molar-refractivity contribution >= 4 is 5.69 Å². The van der Waals surface area contributed by atoms with Crippen LogP contribution in [0.3, 0.4) is 0 Å². The summed E-state index contributed by atoms with van der Waals surface area (Å²) in [6, 6.07) is 12.6. The van der Waals surface area contributed by atoms with E-state index in [9.17, 15) is 5.26 Å². The number of hydrogen-bond donors (Lipinski definition) is 0. The highest BCUT2D eigenvalue weighted by Crippen LogP contribution is 2.35. The Bertz CT molecular complexity index is 552. The van der Waals surface area contributed by atoms with Crippen molar-refractivity contribution in [3.8, 4) is 12.1 Å². The molecule has 3 atom stereocenters. The summed E-state index contributed by atoms with van der Waals surface area (Å²) in [4.78, 5) is 2.20. The molecule has 0 aromatic heterocycles. The van der Waals surface area contributed by atoms with Crippen molar-refractivity contribution in [3.05, 3.63) is 29.8 Å².